The lowest BCUT2D eigenvalue weighted by atomic mass is 9.49. The number of carbonyl (C=O) groups excluding carboxylic acids is 6. The number of nitrogens with two attached hydrogens (primary N) is 1. The molecule has 2 fully saturated rings. The molecule has 2 saturated carbocycles. The smallest absolute Gasteiger partial charge is 0.320 e. The summed E-state index contributed by atoms with van der Waals surface area (Å²) in [4.78, 5) is 82.8. The van der Waals surface area contributed by atoms with Crippen LogP contribution >= 0.6 is 0 Å². The number of hydrogen-bond donors (Lipinski definition) is 3. The Morgan fingerprint density at radius 2 is 1.71 bits per heavy atom. The zero-order valence-corrected chi connectivity index (χ0v) is 21.7. The minimum Gasteiger partial charge on any atom is -0.507 e. The molecule has 3 aliphatic carbocycles. The first-order valence-corrected chi connectivity index (χ1v) is 12.2. The number of phenols is 1. The average Bonchev–Trinajstić information content (AvgIpc) is 2.80. The van der Waals surface area contributed by atoms with Gasteiger partial charge >= 0.3 is 5.97 Å². The molecule has 0 aromatic heterocycles. The largest absolute Gasteiger partial charge is 0.507 e. The van der Waals surface area contributed by atoms with Gasteiger partial charge in [0.2, 0.25) is 5.91 Å². The van der Waals surface area contributed by atoms with E-state index in [0.717, 1.165) is 0 Å². The fourth-order valence-corrected chi connectivity index (χ4v) is 6.51. The van der Waals surface area contributed by atoms with Gasteiger partial charge in [0.25, 0.3) is 0 Å². The Kier molecular flexibility index (Phi) is 6.79. The van der Waals surface area contributed by atoms with Crippen LogP contribution in [-0.2, 0) is 28.7 Å². The number of amides is 1. The molecule has 0 bridgehead atoms. The third kappa shape index (κ3) is 3.77. The van der Waals surface area contributed by atoms with E-state index in [1.807, 2.05) is 0 Å². The molecule has 12 heteroatoms. The summed E-state index contributed by atoms with van der Waals surface area (Å²) in [5, 5.41) is 22.4. The minimum atomic E-state index is -3.04. The van der Waals surface area contributed by atoms with Crippen LogP contribution in [-0.4, -0.2) is 108 Å². The number of aliphatic hydroxyl groups is 1. The van der Waals surface area contributed by atoms with Gasteiger partial charge in [-0.3, -0.25) is 38.6 Å². The van der Waals surface area contributed by atoms with Gasteiger partial charge in [-0.05, 0) is 45.7 Å². The molecule has 8 atom stereocenters. The summed E-state index contributed by atoms with van der Waals surface area (Å²) in [6.45, 7) is 1.47. The zero-order valence-electron chi connectivity index (χ0n) is 21.7. The maximum absolute atomic E-state index is 14.1. The van der Waals surface area contributed by atoms with E-state index < -0.39 is 82.3 Å². The summed E-state index contributed by atoms with van der Waals surface area (Å²) in [5.41, 5.74) is 2.58. The van der Waals surface area contributed by atoms with Crippen molar-refractivity contribution in [2.24, 2.45) is 29.4 Å². The fraction of sp³-hybridized carbons (Fsp3) is 0.538. The monoisotopic (exact) mass is 529 g/mol. The van der Waals surface area contributed by atoms with Crippen molar-refractivity contribution in [1.82, 2.24) is 9.80 Å². The van der Waals surface area contributed by atoms with Crippen LogP contribution < -0.4 is 5.73 Å². The predicted octanol–water partition coefficient (Wildman–Crippen LogP) is -1.49. The second-order valence-electron chi connectivity index (χ2n) is 10.8. The van der Waals surface area contributed by atoms with Crippen molar-refractivity contribution in [2.75, 3.05) is 34.7 Å². The molecule has 0 saturated heterocycles. The first kappa shape index (κ1) is 27.6. The maximum Gasteiger partial charge on any atom is 0.320 e. The number of ketones is 4. The molecule has 2 unspecified atom stereocenters. The van der Waals surface area contributed by atoms with Crippen LogP contribution in [0.1, 0.15) is 28.8 Å². The van der Waals surface area contributed by atoms with Gasteiger partial charge in [0.15, 0.2) is 34.7 Å². The number of carbonyl (C=O) groups is 6. The third-order valence-corrected chi connectivity index (χ3v) is 8.04. The lowest BCUT2D eigenvalue weighted by Crippen LogP contribution is -2.78. The number of rotatable bonds is 5. The van der Waals surface area contributed by atoms with Crippen LogP contribution in [0.3, 0.4) is 0 Å². The number of likely N-dealkylation sites (N-methyl/N-ethyl adjacent to an activating group) is 2. The molecule has 3 aliphatic rings. The summed E-state index contributed by atoms with van der Waals surface area (Å²) in [5.74, 6) is -14.2. The Bertz CT molecular complexity index is 1260. The van der Waals surface area contributed by atoms with Crippen LogP contribution in [0.5, 0.6) is 5.75 Å². The van der Waals surface area contributed by atoms with Gasteiger partial charge < -0.3 is 20.7 Å². The molecule has 0 aliphatic heterocycles. The van der Waals surface area contributed by atoms with E-state index in [2.05, 4.69) is 0 Å². The molecule has 0 spiro atoms. The molecule has 38 heavy (non-hydrogen) atoms. The van der Waals surface area contributed by atoms with Gasteiger partial charge in [0.1, 0.15) is 11.9 Å². The maximum atomic E-state index is 14.1. The lowest BCUT2D eigenvalue weighted by Gasteiger charge is -2.56. The predicted molar refractivity (Wildman–Crippen MR) is 130 cm³/mol. The number of aromatic hydroxyl groups is 1. The molecule has 0 radical (unpaired) electrons. The second kappa shape index (κ2) is 9.37. The van der Waals surface area contributed by atoms with Crippen molar-refractivity contribution in [3.8, 4) is 5.75 Å². The Morgan fingerprint density at radius 1 is 1.08 bits per heavy atom. The SMILES string of the molecule is C[C@@H]1c2cccc(O)c2C(=O)C2C(=O)[C@]3(O)C(=O)C(C(N)=O)C(=O)[C@H](N(C)C)[C@H]3[C@H](OC(=O)CN(C)C)[C@H]21. The number of Topliss-reactive ketones (excluding diaryl/α,β-unsaturated/α-hetero) is 4. The van der Waals surface area contributed by atoms with E-state index in [9.17, 15) is 39.0 Å². The molecule has 1 amide bonds. The summed E-state index contributed by atoms with van der Waals surface area (Å²) in [6.07, 6.45) is -1.46. The normalized spacial score (nSPS) is 34.6. The van der Waals surface area contributed by atoms with Crippen LogP contribution in [0.4, 0.5) is 0 Å². The van der Waals surface area contributed by atoms with Gasteiger partial charge in [0.05, 0.1) is 30.0 Å². The summed E-state index contributed by atoms with van der Waals surface area (Å²) in [6, 6.07) is 2.98. The molecular formula is C26H31N3O9. The van der Waals surface area contributed by atoms with E-state index in [1.54, 1.807) is 27.1 Å². The first-order valence-electron chi connectivity index (χ1n) is 12.2. The van der Waals surface area contributed by atoms with Crippen LogP contribution in [0, 0.1) is 23.7 Å². The van der Waals surface area contributed by atoms with Gasteiger partial charge in [-0.1, -0.05) is 19.1 Å². The van der Waals surface area contributed by atoms with Gasteiger partial charge in [0, 0.05) is 5.92 Å². The van der Waals surface area contributed by atoms with Crippen molar-refractivity contribution in [1.29, 1.82) is 0 Å². The molecule has 4 N–H and O–H groups in total. The molecule has 1 aromatic carbocycles. The quantitative estimate of drug-likeness (QED) is 0.298. The van der Waals surface area contributed by atoms with Crippen LogP contribution in [0.15, 0.2) is 18.2 Å². The van der Waals surface area contributed by atoms with Crippen LogP contribution in [0.2, 0.25) is 0 Å². The van der Waals surface area contributed by atoms with Gasteiger partial charge in [-0.15, -0.1) is 0 Å². The average molecular weight is 530 g/mol. The number of hydrogen-bond acceptors (Lipinski definition) is 11. The molecule has 4 rings (SSSR count). The van der Waals surface area contributed by atoms with Gasteiger partial charge in [-0.2, -0.15) is 0 Å². The lowest BCUT2D eigenvalue weighted by molar-refractivity contribution is -0.205. The van der Waals surface area contributed by atoms with Crippen molar-refractivity contribution >= 4 is 35.0 Å². The number of fused-ring (bicyclic) bond motifs is 3. The number of nitrogens with zero attached hydrogens (tertiary/aromatic N) is 2. The Balaban J connectivity index is 2.00. The zero-order chi connectivity index (χ0) is 28.4. The third-order valence-electron chi connectivity index (χ3n) is 8.04. The van der Waals surface area contributed by atoms with Crippen molar-refractivity contribution in [3.63, 3.8) is 0 Å². The van der Waals surface area contributed by atoms with E-state index >= 15 is 0 Å². The van der Waals surface area contributed by atoms with Crippen molar-refractivity contribution in [3.05, 3.63) is 29.3 Å². The Hall–Kier alpha value is -3.48. The molecule has 12 nitrogen and oxygen atoms in total. The van der Waals surface area contributed by atoms with Gasteiger partial charge in [-0.25, -0.2) is 0 Å². The second-order valence-corrected chi connectivity index (χ2v) is 10.8. The highest BCUT2D eigenvalue weighted by Crippen LogP contribution is 2.55. The van der Waals surface area contributed by atoms with Crippen molar-refractivity contribution in [2.45, 2.75) is 30.6 Å². The number of ether oxygens (including phenoxy) is 1. The van der Waals surface area contributed by atoms with E-state index in [-0.39, 0.29) is 17.9 Å². The van der Waals surface area contributed by atoms with E-state index in [0.29, 0.717) is 5.56 Å². The standard InChI is InChI=1S/C26H31N3O9/c1-10-11-7-6-8-12(30)15(11)20(32)16-14(10)22(38-13(31)9-28(2)3)18-19(29(4)5)21(33)17(25(27)36)24(35)26(18,37)23(16)34/h6-8,10,14,16-19,22,30,37H,9H2,1-5H3,(H2,27,36)/t10-,14+,16?,17?,18+,19-,22-,26+/m1/s1. The molecule has 204 valence electrons. The number of phenolic OH excluding ortho intramolecular Hbond substituents is 1. The highest BCUT2D eigenvalue weighted by molar-refractivity contribution is 6.32. The number of esters is 1. The van der Waals surface area contributed by atoms with E-state index in [1.165, 1.54) is 36.0 Å². The van der Waals surface area contributed by atoms with Crippen molar-refractivity contribution < 1.29 is 43.7 Å². The fourth-order valence-electron chi connectivity index (χ4n) is 6.51. The molecule has 1 aromatic rings. The first-order chi connectivity index (χ1) is 17.7. The number of primary amides is 1. The molecule has 0 heterocycles. The highest BCUT2D eigenvalue weighted by atomic mass is 16.5. The highest BCUT2D eigenvalue weighted by Gasteiger charge is 2.74. The molecular weight excluding hydrogens is 498 g/mol. The summed E-state index contributed by atoms with van der Waals surface area (Å²) >= 11 is 0. The minimum absolute atomic E-state index is 0.134. The topological polar surface area (TPSA) is 185 Å². The summed E-state index contributed by atoms with van der Waals surface area (Å²) < 4.78 is 5.84. The van der Waals surface area contributed by atoms with E-state index in [4.69, 9.17) is 10.5 Å². The summed E-state index contributed by atoms with van der Waals surface area (Å²) in [7, 11) is 6.14. The number of benzene rings is 1. The Labute approximate surface area is 218 Å². The van der Waals surface area contributed by atoms with Crippen LogP contribution in [0.25, 0.3) is 0 Å². The Morgan fingerprint density at radius 3 is 2.26 bits per heavy atom.